The maximum absolute atomic E-state index is 5.88. The predicted octanol–water partition coefficient (Wildman–Crippen LogP) is 3.61. The molecule has 3 heteroatoms. The highest BCUT2D eigenvalue weighted by molar-refractivity contribution is 4.84. The highest BCUT2D eigenvalue weighted by atomic mass is 16.5. The maximum Gasteiger partial charge on any atom is 0.0779 e. The van der Waals surface area contributed by atoms with E-state index in [2.05, 4.69) is 19.2 Å². The van der Waals surface area contributed by atoms with Crippen LogP contribution in [0.15, 0.2) is 0 Å². The third kappa shape index (κ3) is 7.61. The molecule has 0 aromatic heterocycles. The van der Waals surface area contributed by atoms with Crippen molar-refractivity contribution in [2.75, 3.05) is 19.7 Å². The smallest absolute Gasteiger partial charge is 0.0779 e. The van der Waals surface area contributed by atoms with Crippen molar-refractivity contribution in [3.63, 3.8) is 0 Å². The molecule has 1 aliphatic heterocycles. The van der Waals surface area contributed by atoms with Gasteiger partial charge in [0.25, 0.3) is 0 Å². The summed E-state index contributed by atoms with van der Waals surface area (Å²) in [5.74, 6) is 0. The molecule has 1 heterocycles. The van der Waals surface area contributed by atoms with E-state index in [1.807, 2.05) is 0 Å². The summed E-state index contributed by atoms with van der Waals surface area (Å²) in [5.41, 5.74) is 5.93. The van der Waals surface area contributed by atoms with Crippen molar-refractivity contribution in [1.82, 2.24) is 5.32 Å². The molecule has 0 radical (unpaired) electrons. The molecule has 120 valence electrons. The van der Waals surface area contributed by atoms with Gasteiger partial charge in [0, 0.05) is 25.7 Å². The molecule has 0 aliphatic carbocycles. The largest absolute Gasteiger partial charge is 0.374 e. The SMILES string of the molecule is CCCCCCCCCC(CN)NCC1(C)CCCO1. The van der Waals surface area contributed by atoms with E-state index in [4.69, 9.17) is 10.5 Å². The standard InChI is InChI=1S/C17H36N2O/c1-3-4-5-6-7-8-9-11-16(14-18)19-15-17(2)12-10-13-20-17/h16,19H,3-15,18H2,1-2H3. The number of unbranched alkanes of at least 4 members (excludes halogenated alkanes) is 6. The molecule has 0 amide bonds. The lowest BCUT2D eigenvalue weighted by molar-refractivity contribution is 0.0187. The van der Waals surface area contributed by atoms with Gasteiger partial charge < -0.3 is 15.8 Å². The number of hydrogen-bond donors (Lipinski definition) is 2. The lowest BCUT2D eigenvalue weighted by Crippen LogP contribution is -2.45. The second-order valence-electron chi connectivity index (χ2n) is 6.63. The molecule has 0 bridgehead atoms. The van der Waals surface area contributed by atoms with Gasteiger partial charge in [0.15, 0.2) is 0 Å². The number of hydrogen-bond acceptors (Lipinski definition) is 3. The van der Waals surface area contributed by atoms with Crippen LogP contribution in [0.25, 0.3) is 0 Å². The summed E-state index contributed by atoms with van der Waals surface area (Å²) in [6.07, 6.45) is 13.2. The molecule has 1 rings (SSSR count). The lowest BCUT2D eigenvalue weighted by Gasteiger charge is -2.27. The van der Waals surface area contributed by atoms with Crippen molar-refractivity contribution in [2.24, 2.45) is 5.73 Å². The zero-order valence-corrected chi connectivity index (χ0v) is 13.8. The minimum atomic E-state index is 0.0492. The summed E-state index contributed by atoms with van der Waals surface area (Å²) >= 11 is 0. The van der Waals surface area contributed by atoms with Gasteiger partial charge in [-0.25, -0.2) is 0 Å². The van der Waals surface area contributed by atoms with Gasteiger partial charge in [-0.15, -0.1) is 0 Å². The summed E-state index contributed by atoms with van der Waals surface area (Å²) in [4.78, 5) is 0. The number of nitrogens with one attached hydrogen (secondary N) is 1. The lowest BCUT2D eigenvalue weighted by atomic mass is 10.0. The van der Waals surface area contributed by atoms with Gasteiger partial charge in [-0.3, -0.25) is 0 Å². The van der Waals surface area contributed by atoms with Crippen LogP contribution < -0.4 is 11.1 Å². The van der Waals surface area contributed by atoms with Crippen LogP contribution in [0.4, 0.5) is 0 Å². The molecule has 2 unspecified atom stereocenters. The fourth-order valence-corrected chi connectivity index (χ4v) is 2.99. The van der Waals surface area contributed by atoms with Gasteiger partial charge >= 0.3 is 0 Å². The molecular weight excluding hydrogens is 248 g/mol. The highest BCUT2D eigenvalue weighted by Crippen LogP contribution is 2.24. The summed E-state index contributed by atoms with van der Waals surface area (Å²) in [6.45, 7) is 7.10. The van der Waals surface area contributed by atoms with Crippen molar-refractivity contribution in [3.05, 3.63) is 0 Å². The Morgan fingerprint density at radius 2 is 1.85 bits per heavy atom. The second-order valence-corrected chi connectivity index (χ2v) is 6.63. The van der Waals surface area contributed by atoms with Gasteiger partial charge in [-0.05, 0) is 26.2 Å². The summed E-state index contributed by atoms with van der Waals surface area (Å²) in [6, 6.07) is 0.465. The molecule has 2 atom stereocenters. The maximum atomic E-state index is 5.88. The van der Waals surface area contributed by atoms with Crippen LogP contribution in [0.1, 0.15) is 78.1 Å². The van der Waals surface area contributed by atoms with Crippen LogP contribution in [0.5, 0.6) is 0 Å². The topological polar surface area (TPSA) is 47.3 Å². The van der Waals surface area contributed by atoms with Crippen LogP contribution in [0.3, 0.4) is 0 Å². The number of nitrogens with two attached hydrogens (primary N) is 1. The zero-order valence-electron chi connectivity index (χ0n) is 13.8. The zero-order chi connectivity index (χ0) is 14.7. The van der Waals surface area contributed by atoms with E-state index in [1.54, 1.807) is 0 Å². The molecule has 1 saturated heterocycles. The molecule has 1 aliphatic rings. The first-order chi connectivity index (χ1) is 9.70. The van der Waals surface area contributed by atoms with Gasteiger partial charge in [0.1, 0.15) is 0 Å². The van der Waals surface area contributed by atoms with E-state index in [-0.39, 0.29) is 5.60 Å². The molecule has 1 fully saturated rings. The Morgan fingerprint density at radius 1 is 1.15 bits per heavy atom. The fraction of sp³-hybridized carbons (Fsp3) is 1.00. The van der Waals surface area contributed by atoms with Crippen molar-refractivity contribution in [2.45, 2.75) is 89.7 Å². The molecule has 20 heavy (non-hydrogen) atoms. The third-order valence-corrected chi connectivity index (χ3v) is 4.51. The molecule has 3 nitrogen and oxygen atoms in total. The average molecular weight is 284 g/mol. The summed E-state index contributed by atoms with van der Waals surface area (Å²) in [5, 5.41) is 3.61. The Bertz CT molecular complexity index is 227. The predicted molar refractivity (Wildman–Crippen MR) is 87.0 cm³/mol. The van der Waals surface area contributed by atoms with E-state index >= 15 is 0 Å². The van der Waals surface area contributed by atoms with Crippen molar-refractivity contribution >= 4 is 0 Å². The monoisotopic (exact) mass is 284 g/mol. The Balaban J connectivity index is 2.01. The minimum Gasteiger partial charge on any atom is -0.374 e. The summed E-state index contributed by atoms with van der Waals surface area (Å²) < 4.78 is 5.81. The first-order valence-electron chi connectivity index (χ1n) is 8.77. The summed E-state index contributed by atoms with van der Waals surface area (Å²) in [7, 11) is 0. The Kier molecular flexibility index (Phi) is 9.49. The second kappa shape index (κ2) is 10.6. The van der Waals surface area contributed by atoms with Gasteiger partial charge in [-0.1, -0.05) is 51.9 Å². The van der Waals surface area contributed by atoms with Crippen LogP contribution in [0.2, 0.25) is 0 Å². The van der Waals surface area contributed by atoms with Crippen molar-refractivity contribution in [1.29, 1.82) is 0 Å². The average Bonchev–Trinajstić information content (AvgIpc) is 2.88. The Morgan fingerprint density at radius 3 is 2.45 bits per heavy atom. The van der Waals surface area contributed by atoms with Crippen LogP contribution in [-0.4, -0.2) is 31.3 Å². The van der Waals surface area contributed by atoms with E-state index < -0.39 is 0 Å². The molecule has 0 aromatic carbocycles. The van der Waals surface area contributed by atoms with Gasteiger partial charge in [0.2, 0.25) is 0 Å². The first kappa shape index (κ1) is 17.9. The van der Waals surface area contributed by atoms with E-state index in [0.717, 1.165) is 19.7 Å². The number of ether oxygens (including phenoxy) is 1. The van der Waals surface area contributed by atoms with Crippen LogP contribution in [-0.2, 0) is 4.74 Å². The third-order valence-electron chi connectivity index (χ3n) is 4.51. The van der Waals surface area contributed by atoms with Crippen molar-refractivity contribution < 1.29 is 4.74 Å². The van der Waals surface area contributed by atoms with Gasteiger partial charge in [-0.2, -0.15) is 0 Å². The molecule has 3 N–H and O–H groups in total. The quantitative estimate of drug-likeness (QED) is 0.538. The minimum absolute atomic E-state index is 0.0492. The van der Waals surface area contributed by atoms with Crippen molar-refractivity contribution in [3.8, 4) is 0 Å². The molecule has 0 saturated carbocycles. The van der Waals surface area contributed by atoms with E-state index in [0.29, 0.717) is 6.04 Å². The Labute approximate surface area is 126 Å². The molecule has 0 aromatic rings. The highest BCUT2D eigenvalue weighted by Gasteiger charge is 2.29. The van der Waals surface area contributed by atoms with Crippen LogP contribution in [0, 0.1) is 0 Å². The Hall–Kier alpha value is -0.120. The van der Waals surface area contributed by atoms with E-state index in [9.17, 15) is 0 Å². The normalized spacial score (nSPS) is 24.1. The fourth-order valence-electron chi connectivity index (χ4n) is 2.99. The van der Waals surface area contributed by atoms with Gasteiger partial charge in [0.05, 0.1) is 5.60 Å². The number of rotatable bonds is 12. The van der Waals surface area contributed by atoms with Crippen LogP contribution >= 0.6 is 0 Å². The molecule has 0 spiro atoms. The first-order valence-corrected chi connectivity index (χ1v) is 8.77. The molecular formula is C17H36N2O. The van der Waals surface area contributed by atoms with E-state index in [1.165, 1.54) is 64.2 Å².